The van der Waals surface area contributed by atoms with E-state index in [1.54, 1.807) is 5.01 Å². The van der Waals surface area contributed by atoms with Crippen molar-refractivity contribution in [3.8, 4) is 0 Å². The Balaban J connectivity index is 2.38. The van der Waals surface area contributed by atoms with Crippen LogP contribution in [-0.4, -0.2) is 24.2 Å². The highest BCUT2D eigenvalue weighted by atomic mass is 32.1. The van der Waals surface area contributed by atoms with Crippen LogP contribution in [0.3, 0.4) is 0 Å². The van der Waals surface area contributed by atoms with Gasteiger partial charge in [0, 0.05) is 20.6 Å². The van der Waals surface area contributed by atoms with Gasteiger partial charge in [-0.1, -0.05) is 30.3 Å². The summed E-state index contributed by atoms with van der Waals surface area (Å²) in [6, 6.07) is 10.2. The first-order chi connectivity index (χ1) is 6.74. The molecular formula is C10H15N3S. The van der Waals surface area contributed by atoms with Crippen LogP contribution in [0.5, 0.6) is 0 Å². The molecule has 0 heterocycles. The highest BCUT2D eigenvalue weighted by Gasteiger charge is 1.99. The lowest BCUT2D eigenvalue weighted by Crippen LogP contribution is -2.43. The maximum atomic E-state index is 5.13. The van der Waals surface area contributed by atoms with E-state index in [2.05, 4.69) is 22.9 Å². The fraction of sp³-hybridized carbons (Fsp3) is 0.300. The van der Waals surface area contributed by atoms with E-state index in [0.29, 0.717) is 5.11 Å². The van der Waals surface area contributed by atoms with Crippen LogP contribution in [0.15, 0.2) is 30.3 Å². The highest BCUT2D eigenvalue weighted by Crippen LogP contribution is 1.97. The van der Waals surface area contributed by atoms with E-state index in [4.69, 9.17) is 12.2 Å². The standard InChI is InChI=1S/C10H15N3S/c1-11-13(2)10(14)12-8-9-6-4-3-5-7-9/h3-7,11H,8H2,1-2H3,(H,12,14). The molecule has 0 fully saturated rings. The van der Waals surface area contributed by atoms with Crippen molar-refractivity contribution in [1.82, 2.24) is 15.8 Å². The van der Waals surface area contributed by atoms with Gasteiger partial charge in [-0.15, -0.1) is 0 Å². The van der Waals surface area contributed by atoms with Gasteiger partial charge in [-0.3, -0.25) is 5.01 Å². The van der Waals surface area contributed by atoms with E-state index < -0.39 is 0 Å². The summed E-state index contributed by atoms with van der Waals surface area (Å²) in [6.07, 6.45) is 0. The molecule has 0 aliphatic rings. The van der Waals surface area contributed by atoms with E-state index in [1.165, 1.54) is 5.56 Å². The van der Waals surface area contributed by atoms with Gasteiger partial charge in [-0.05, 0) is 17.8 Å². The zero-order valence-corrected chi connectivity index (χ0v) is 9.27. The second-order valence-corrected chi connectivity index (χ2v) is 3.31. The van der Waals surface area contributed by atoms with Crippen LogP contribution in [0.2, 0.25) is 0 Å². The maximum absolute atomic E-state index is 5.13. The number of thiocarbonyl (C=S) groups is 1. The van der Waals surface area contributed by atoms with E-state index in [1.807, 2.05) is 32.3 Å². The van der Waals surface area contributed by atoms with Crippen molar-refractivity contribution in [1.29, 1.82) is 0 Å². The quantitative estimate of drug-likeness (QED) is 0.576. The zero-order valence-electron chi connectivity index (χ0n) is 8.45. The van der Waals surface area contributed by atoms with Gasteiger partial charge in [0.2, 0.25) is 0 Å². The molecule has 0 amide bonds. The Hall–Kier alpha value is -1.13. The second kappa shape index (κ2) is 5.57. The van der Waals surface area contributed by atoms with Crippen molar-refractivity contribution in [2.24, 2.45) is 0 Å². The topological polar surface area (TPSA) is 27.3 Å². The van der Waals surface area contributed by atoms with Gasteiger partial charge in [0.05, 0.1) is 0 Å². The smallest absolute Gasteiger partial charge is 0.183 e. The third-order valence-electron chi connectivity index (χ3n) is 1.93. The van der Waals surface area contributed by atoms with Crippen LogP contribution in [0, 0.1) is 0 Å². The summed E-state index contributed by atoms with van der Waals surface area (Å²) in [5.74, 6) is 0. The van der Waals surface area contributed by atoms with Gasteiger partial charge in [0.25, 0.3) is 0 Å². The van der Waals surface area contributed by atoms with E-state index in [0.717, 1.165) is 6.54 Å². The second-order valence-electron chi connectivity index (χ2n) is 2.93. The zero-order chi connectivity index (χ0) is 10.4. The van der Waals surface area contributed by atoms with Gasteiger partial charge in [-0.25, -0.2) is 5.43 Å². The molecule has 0 spiro atoms. The molecule has 0 aliphatic carbocycles. The molecule has 1 aromatic rings. The largest absolute Gasteiger partial charge is 0.357 e. The molecule has 0 saturated carbocycles. The minimum absolute atomic E-state index is 0.691. The summed E-state index contributed by atoms with van der Waals surface area (Å²) in [6.45, 7) is 0.756. The molecule has 2 N–H and O–H groups in total. The predicted octanol–water partition coefficient (Wildman–Crippen LogP) is 1.13. The normalized spacial score (nSPS) is 9.57. The number of nitrogens with one attached hydrogen (secondary N) is 2. The molecule has 0 radical (unpaired) electrons. The molecule has 76 valence electrons. The van der Waals surface area contributed by atoms with Crippen molar-refractivity contribution in [3.05, 3.63) is 35.9 Å². The van der Waals surface area contributed by atoms with Crippen molar-refractivity contribution < 1.29 is 0 Å². The summed E-state index contributed by atoms with van der Waals surface area (Å²) in [7, 11) is 3.71. The Labute approximate surface area is 90.1 Å². The molecule has 0 atom stereocenters. The minimum Gasteiger partial charge on any atom is -0.357 e. The average molecular weight is 209 g/mol. The summed E-state index contributed by atoms with van der Waals surface area (Å²) in [4.78, 5) is 0. The maximum Gasteiger partial charge on any atom is 0.183 e. The number of rotatable bonds is 3. The average Bonchev–Trinajstić information content (AvgIpc) is 2.26. The first-order valence-electron chi connectivity index (χ1n) is 4.47. The molecule has 1 aromatic carbocycles. The fourth-order valence-corrected chi connectivity index (χ4v) is 1.16. The van der Waals surface area contributed by atoms with Crippen molar-refractivity contribution >= 4 is 17.3 Å². The van der Waals surface area contributed by atoms with Gasteiger partial charge in [0.1, 0.15) is 0 Å². The van der Waals surface area contributed by atoms with Gasteiger partial charge in [-0.2, -0.15) is 0 Å². The molecule has 0 saturated heterocycles. The molecule has 1 rings (SSSR count). The molecular weight excluding hydrogens is 194 g/mol. The first-order valence-corrected chi connectivity index (χ1v) is 4.87. The van der Waals surface area contributed by atoms with Crippen LogP contribution in [0.25, 0.3) is 0 Å². The molecule has 3 nitrogen and oxygen atoms in total. The lowest BCUT2D eigenvalue weighted by atomic mass is 10.2. The van der Waals surface area contributed by atoms with Crippen LogP contribution in [0.4, 0.5) is 0 Å². The SMILES string of the molecule is CNN(C)C(=S)NCc1ccccc1. The Morgan fingerprint density at radius 3 is 2.57 bits per heavy atom. The molecule has 0 unspecified atom stereocenters. The monoisotopic (exact) mass is 209 g/mol. The summed E-state index contributed by atoms with van der Waals surface area (Å²) in [5.41, 5.74) is 4.15. The minimum atomic E-state index is 0.691. The van der Waals surface area contributed by atoms with Crippen LogP contribution < -0.4 is 10.7 Å². The van der Waals surface area contributed by atoms with Crippen molar-refractivity contribution in [2.45, 2.75) is 6.54 Å². The van der Waals surface area contributed by atoms with Gasteiger partial charge < -0.3 is 5.32 Å². The number of hydrazine groups is 1. The van der Waals surface area contributed by atoms with Crippen LogP contribution >= 0.6 is 12.2 Å². The summed E-state index contributed by atoms with van der Waals surface area (Å²) in [5, 5.41) is 5.60. The predicted molar refractivity (Wildman–Crippen MR) is 62.7 cm³/mol. The van der Waals surface area contributed by atoms with Crippen LogP contribution in [0.1, 0.15) is 5.56 Å². The lowest BCUT2D eigenvalue weighted by molar-refractivity contribution is 0.402. The summed E-state index contributed by atoms with van der Waals surface area (Å²) >= 11 is 5.13. The third-order valence-corrected chi connectivity index (χ3v) is 2.34. The highest BCUT2D eigenvalue weighted by molar-refractivity contribution is 7.80. The number of benzene rings is 1. The van der Waals surface area contributed by atoms with E-state index in [9.17, 15) is 0 Å². The Morgan fingerprint density at radius 2 is 2.00 bits per heavy atom. The molecule has 0 aliphatic heterocycles. The molecule has 14 heavy (non-hydrogen) atoms. The van der Waals surface area contributed by atoms with Gasteiger partial charge >= 0.3 is 0 Å². The third kappa shape index (κ3) is 3.32. The molecule has 0 bridgehead atoms. The molecule has 0 aromatic heterocycles. The fourth-order valence-electron chi connectivity index (χ4n) is 0.994. The van der Waals surface area contributed by atoms with Gasteiger partial charge in [0.15, 0.2) is 5.11 Å². The number of hydrogen-bond donors (Lipinski definition) is 2. The Bertz CT molecular complexity index is 287. The number of hydrogen-bond acceptors (Lipinski definition) is 2. The van der Waals surface area contributed by atoms with E-state index >= 15 is 0 Å². The Kier molecular flexibility index (Phi) is 4.35. The van der Waals surface area contributed by atoms with Crippen molar-refractivity contribution in [3.63, 3.8) is 0 Å². The van der Waals surface area contributed by atoms with Crippen molar-refractivity contribution in [2.75, 3.05) is 14.1 Å². The number of nitrogens with zero attached hydrogens (tertiary/aromatic N) is 1. The molecule has 4 heteroatoms. The lowest BCUT2D eigenvalue weighted by Gasteiger charge is -2.19. The van der Waals surface area contributed by atoms with Crippen LogP contribution in [-0.2, 0) is 6.54 Å². The summed E-state index contributed by atoms with van der Waals surface area (Å²) < 4.78 is 0. The first kappa shape index (κ1) is 10.9. The van der Waals surface area contributed by atoms with E-state index in [-0.39, 0.29) is 0 Å². The Morgan fingerprint density at radius 1 is 1.36 bits per heavy atom.